The van der Waals surface area contributed by atoms with E-state index in [2.05, 4.69) is 15.3 Å². The molecule has 84 valence electrons. The average Bonchev–Trinajstić information content (AvgIpc) is 2.39. The van der Waals surface area contributed by atoms with E-state index in [9.17, 15) is 4.79 Å². The molecule has 0 atom stereocenters. The molecule has 0 aliphatic heterocycles. The number of hydrazone groups is 1. The number of hydrogen-bond donors (Lipinski definition) is 1. The zero-order valence-electron chi connectivity index (χ0n) is 8.97. The van der Waals surface area contributed by atoms with Crippen LogP contribution in [0.3, 0.4) is 0 Å². The zero-order chi connectivity index (χ0) is 12.7. The van der Waals surface area contributed by atoms with Gasteiger partial charge in [0.15, 0.2) is 0 Å². The largest absolute Gasteiger partial charge is 0.465 e. The van der Waals surface area contributed by atoms with Gasteiger partial charge in [-0.05, 0) is 18.2 Å². The third kappa shape index (κ3) is 3.33. The molecule has 0 saturated heterocycles. The molecule has 1 aromatic carbocycles. The Morgan fingerprint density at radius 2 is 2.12 bits per heavy atom. The third-order valence-corrected chi connectivity index (χ3v) is 1.79. The van der Waals surface area contributed by atoms with Crippen molar-refractivity contribution in [3.05, 3.63) is 29.8 Å². The maximum atomic E-state index is 11.2. The fourth-order valence-corrected chi connectivity index (χ4v) is 1.03. The van der Waals surface area contributed by atoms with Crippen molar-refractivity contribution in [2.24, 2.45) is 5.10 Å². The van der Waals surface area contributed by atoms with Gasteiger partial charge >= 0.3 is 5.97 Å². The highest BCUT2D eigenvalue weighted by Gasteiger charge is 2.05. The van der Waals surface area contributed by atoms with Gasteiger partial charge < -0.3 is 4.74 Å². The maximum Gasteiger partial charge on any atom is 0.337 e. The number of carbonyl (C=O) groups is 1. The molecule has 6 nitrogen and oxygen atoms in total. The molecule has 1 rings (SSSR count). The Kier molecular flexibility index (Phi) is 4.23. The fourth-order valence-electron chi connectivity index (χ4n) is 1.03. The fraction of sp³-hybridized carbons (Fsp3) is 0.0909. The molecule has 6 heteroatoms. The van der Waals surface area contributed by atoms with Gasteiger partial charge in [0.25, 0.3) is 0 Å². The standard InChI is InChI=1S/C11H8N4O2/c1-17-11(16)8-3-2-4-9(5-8)14-15-10(6-12)7-13/h2-5,14H,1H3. The van der Waals surface area contributed by atoms with Crippen molar-refractivity contribution in [2.45, 2.75) is 0 Å². The number of methoxy groups -OCH3 is 1. The molecule has 0 heterocycles. The second-order valence-electron chi connectivity index (χ2n) is 2.87. The number of hydrogen-bond acceptors (Lipinski definition) is 6. The Morgan fingerprint density at radius 3 is 2.71 bits per heavy atom. The number of nitrogens with zero attached hydrogens (tertiary/aromatic N) is 3. The number of benzene rings is 1. The van der Waals surface area contributed by atoms with Crippen LogP contribution < -0.4 is 5.43 Å². The molecule has 0 unspecified atom stereocenters. The van der Waals surface area contributed by atoms with Gasteiger partial charge in [-0.3, -0.25) is 5.43 Å². The van der Waals surface area contributed by atoms with E-state index in [1.165, 1.54) is 13.2 Å². The number of ether oxygens (including phenoxy) is 1. The molecule has 1 N–H and O–H groups in total. The molecule has 0 bridgehead atoms. The Hall–Kier alpha value is -2.86. The van der Waals surface area contributed by atoms with E-state index in [-0.39, 0.29) is 5.71 Å². The summed E-state index contributed by atoms with van der Waals surface area (Å²) in [5, 5.41) is 20.5. The summed E-state index contributed by atoms with van der Waals surface area (Å²) in [6, 6.07) is 9.56. The average molecular weight is 228 g/mol. The van der Waals surface area contributed by atoms with E-state index in [4.69, 9.17) is 10.5 Å². The minimum Gasteiger partial charge on any atom is -0.465 e. The molecule has 0 amide bonds. The predicted molar refractivity (Wildman–Crippen MR) is 60.1 cm³/mol. The van der Waals surface area contributed by atoms with Crippen LogP contribution in [0.5, 0.6) is 0 Å². The lowest BCUT2D eigenvalue weighted by Crippen LogP contribution is -2.02. The van der Waals surface area contributed by atoms with Crippen LogP contribution in [-0.4, -0.2) is 18.8 Å². The lowest BCUT2D eigenvalue weighted by Gasteiger charge is -2.02. The van der Waals surface area contributed by atoms with Crippen molar-refractivity contribution in [3.8, 4) is 12.1 Å². The van der Waals surface area contributed by atoms with Crippen molar-refractivity contribution in [1.82, 2.24) is 0 Å². The monoisotopic (exact) mass is 228 g/mol. The van der Waals surface area contributed by atoms with Gasteiger partial charge in [-0.25, -0.2) is 4.79 Å². The van der Waals surface area contributed by atoms with Gasteiger partial charge in [0.1, 0.15) is 12.1 Å². The Balaban J connectivity index is 2.88. The molecule has 0 fully saturated rings. The van der Waals surface area contributed by atoms with E-state index in [1.54, 1.807) is 30.3 Å². The van der Waals surface area contributed by atoms with Gasteiger partial charge in [0.2, 0.25) is 5.71 Å². The number of carbonyl (C=O) groups excluding carboxylic acids is 1. The highest BCUT2D eigenvalue weighted by Crippen LogP contribution is 2.11. The third-order valence-electron chi connectivity index (χ3n) is 1.79. The SMILES string of the molecule is COC(=O)c1cccc(NN=C(C#N)C#N)c1. The van der Waals surface area contributed by atoms with Crippen LogP contribution in [-0.2, 0) is 4.74 Å². The highest BCUT2D eigenvalue weighted by atomic mass is 16.5. The Morgan fingerprint density at radius 1 is 1.41 bits per heavy atom. The number of nitriles is 2. The second kappa shape index (κ2) is 5.89. The van der Waals surface area contributed by atoms with E-state index >= 15 is 0 Å². The number of anilines is 1. The summed E-state index contributed by atoms with van der Waals surface area (Å²) < 4.78 is 4.55. The molecule has 1 aromatic rings. The van der Waals surface area contributed by atoms with Crippen molar-refractivity contribution in [3.63, 3.8) is 0 Å². The lowest BCUT2D eigenvalue weighted by molar-refractivity contribution is 0.0601. The predicted octanol–water partition coefficient (Wildman–Crippen LogP) is 1.29. The van der Waals surface area contributed by atoms with E-state index in [0.29, 0.717) is 11.3 Å². The first-order valence-electron chi connectivity index (χ1n) is 4.53. The molecule has 0 aliphatic rings. The van der Waals surface area contributed by atoms with E-state index in [1.807, 2.05) is 0 Å². The summed E-state index contributed by atoms with van der Waals surface area (Å²) in [6.07, 6.45) is 0. The lowest BCUT2D eigenvalue weighted by atomic mass is 10.2. The quantitative estimate of drug-likeness (QED) is 0.477. The van der Waals surface area contributed by atoms with Crippen LogP contribution >= 0.6 is 0 Å². The summed E-state index contributed by atoms with van der Waals surface area (Å²) in [4.78, 5) is 11.2. The van der Waals surface area contributed by atoms with Crippen molar-refractivity contribution < 1.29 is 9.53 Å². The van der Waals surface area contributed by atoms with Crippen LogP contribution in [0.4, 0.5) is 5.69 Å². The first kappa shape index (κ1) is 12.2. The number of esters is 1. The van der Waals surface area contributed by atoms with Gasteiger partial charge in [0.05, 0.1) is 18.4 Å². The Bertz CT molecular complexity index is 521. The molecule has 17 heavy (non-hydrogen) atoms. The van der Waals surface area contributed by atoms with Crippen LogP contribution in [0.2, 0.25) is 0 Å². The number of nitrogens with one attached hydrogen (secondary N) is 1. The minimum absolute atomic E-state index is 0.298. The van der Waals surface area contributed by atoms with E-state index < -0.39 is 5.97 Å². The smallest absolute Gasteiger partial charge is 0.337 e. The van der Waals surface area contributed by atoms with Crippen molar-refractivity contribution >= 4 is 17.4 Å². The zero-order valence-corrected chi connectivity index (χ0v) is 8.97. The molecule has 0 aromatic heterocycles. The summed E-state index contributed by atoms with van der Waals surface area (Å²) >= 11 is 0. The minimum atomic E-state index is -0.474. The summed E-state index contributed by atoms with van der Waals surface area (Å²) in [6.45, 7) is 0. The molecule has 0 aliphatic carbocycles. The van der Waals surface area contributed by atoms with Crippen molar-refractivity contribution in [1.29, 1.82) is 10.5 Å². The first-order valence-corrected chi connectivity index (χ1v) is 4.53. The van der Waals surface area contributed by atoms with Crippen molar-refractivity contribution in [2.75, 3.05) is 12.5 Å². The van der Waals surface area contributed by atoms with Crippen LogP contribution in [0.1, 0.15) is 10.4 Å². The topological polar surface area (TPSA) is 98.3 Å². The van der Waals surface area contributed by atoms with Gasteiger partial charge in [-0.2, -0.15) is 15.6 Å². The van der Waals surface area contributed by atoms with E-state index in [0.717, 1.165) is 0 Å². The van der Waals surface area contributed by atoms with Gasteiger partial charge in [-0.15, -0.1) is 0 Å². The summed E-state index contributed by atoms with van der Waals surface area (Å²) in [7, 11) is 1.28. The van der Waals surface area contributed by atoms with Crippen LogP contribution in [0.15, 0.2) is 29.4 Å². The first-order chi connectivity index (χ1) is 8.21. The molecular formula is C11H8N4O2. The highest BCUT2D eigenvalue weighted by molar-refractivity contribution is 6.10. The Labute approximate surface area is 97.7 Å². The van der Waals surface area contributed by atoms with Gasteiger partial charge in [0, 0.05) is 0 Å². The molecule has 0 spiro atoms. The van der Waals surface area contributed by atoms with Gasteiger partial charge in [-0.1, -0.05) is 6.07 Å². The second-order valence-corrected chi connectivity index (χ2v) is 2.87. The maximum absolute atomic E-state index is 11.2. The normalized spacial score (nSPS) is 8.41. The molecular weight excluding hydrogens is 220 g/mol. The molecule has 0 radical (unpaired) electrons. The van der Waals surface area contributed by atoms with Crippen LogP contribution in [0, 0.1) is 22.7 Å². The summed E-state index contributed by atoms with van der Waals surface area (Å²) in [5.41, 5.74) is 3.04. The molecule has 0 saturated carbocycles. The summed E-state index contributed by atoms with van der Waals surface area (Å²) in [5.74, 6) is -0.474. The van der Waals surface area contributed by atoms with Crippen LogP contribution in [0.25, 0.3) is 0 Å². The number of rotatable bonds is 3.